The lowest BCUT2D eigenvalue weighted by Gasteiger charge is -2.06. The van der Waals surface area contributed by atoms with Gasteiger partial charge in [-0.3, -0.25) is 4.99 Å². The van der Waals surface area contributed by atoms with Crippen molar-refractivity contribution in [2.24, 2.45) is 10.2 Å². The van der Waals surface area contributed by atoms with Crippen LogP contribution in [-0.2, 0) is 0 Å². The summed E-state index contributed by atoms with van der Waals surface area (Å²) in [5, 5.41) is 15.8. The number of rotatable bonds is 16. The lowest BCUT2D eigenvalue weighted by atomic mass is 10.1. The molecule has 8 heteroatoms. The maximum Gasteiger partial charge on any atom is 0.343 e. The fraction of sp³-hybridized carbons (Fsp3) is 0.257. The Kier molecular flexibility index (Phi) is 12.3. The zero-order chi connectivity index (χ0) is 30.1. The van der Waals surface area contributed by atoms with Crippen LogP contribution >= 0.6 is 0 Å². The van der Waals surface area contributed by atoms with E-state index >= 15 is 0 Å². The van der Waals surface area contributed by atoms with Gasteiger partial charge in [0.05, 0.1) is 23.1 Å². The van der Waals surface area contributed by atoms with Gasteiger partial charge in [-0.2, -0.15) is 0 Å². The molecule has 0 aliphatic carbocycles. The first-order valence-corrected chi connectivity index (χ1v) is 14.8. The van der Waals surface area contributed by atoms with Crippen LogP contribution in [0.1, 0.15) is 67.8 Å². The number of esters is 1. The molecule has 0 aromatic heterocycles. The third-order valence-corrected chi connectivity index (χ3v) is 6.67. The summed E-state index contributed by atoms with van der Waals surface area (Å²) in [6.07, 6.45) is 10.6. The van der Waals surface area contributed by atoms with E-state index < -0.39 is 5.97 Å². The topological polar surface area (TPSA) is 98.4 Å². The predicted octanol–water partition coefficient (Wildman–Crippen LogP) is 9.41. The van der Waals surface area contributed by atoms with Crippen molar-refractivity contribution in [3.63, 3.8) is 0 Å². The SMILES string of the molecule is CCCCCCCCCOc1ccc(N=Cc2ccc(OC(=O)c3ccc(N/N=[N+](\[O-])c4ccccc4)cc3)cc2)cc1. The largest absolute Gasteiger partial charge is 0.691 e. The molecule has 4 aromatic rings. The van der Waals surface area contributed by atoms with E-state index in [2.05, 4.69) is 22.6 Å². The van der Waals surface area contributed by atoms with Gasteiger partial charge < -0.3 is 14.7 Å². The van der Waals surface area contributed by atoms with Gasteiger partial charge in [-0.1, -0.05) is 63.6 Å². The number of ether oxygens (including phenoxy) is 2. The summed E-state index contributed by atoms with van der Waals surface area (Å²) in [6, 6.07) is 30.0. The number of carbonyl (C=O) groups excluding carboxylic acids is 1. The van der Waals surface area contributed by atoms with Crippen LogP contribution in [0.2, 0.25) is 0 Å². The summed E-state index contributed by atoms with van der Waals surface area (Å²) in [6.45, 7) is 2.98. The zero-order valence-corrected chi connectivity index (χ0v) is 24.5. The van der Waals surface area contributed by atoms with E-state index in [1.165, 1.54) is 38.5 Å². The third kappa shape index (κ3) is 10.7. The van der Waals surface area contributed by atoms with Crippen LogP contribution in [0.15, 0.2) is 113 Å². The number of hydrogen-bond donors (Lipinski definition) is 1. The van der Waals surface area contributed by atoms with E-state index in [0.717, 1.165) is 30.0 Å². The van der Waals surface area contributed by atoms with Crippen molar-refractivity contribution < 1.29 is 19.1 Å². The molecule has 222 valence electrons. The van der Waals surface area contributed by atoms with Crippen molar-refractivity contribution in [1.29, 1.82) is 0 Å². The maximum absolute atomic E-state index is 12.6. The normalized spacial score (nSPS) is 11.4. The number of benzene rings is 4. The second-order valence-corrected chi connectivity index (χ2v) is 10.1. The lowest BCUT2D eigenvalue weighted by Crippen LogP contribution is -2.08. The van der Waals surface area contributed by atoms with Crippen molar-refractivity contribution in [2.45, 2.75) is 51.9 Å². The Labute approximate surface area is 253 Å². The highest BCUT2D eigenvalue weighted by Crippen LogP contribution is 2.20. The molecule has 8 nitrogen and oxygen atoms in total. The fourth-order valence-corrected chi connectivity index (χ4v) is 4.21. The van der Waals surface area contributed by atoms with Gasteiger partial charge >= 0.3 is 5.97 Å². The Hall–Kier alpha value is -4.98. The minimum absolute atomic E-state index is 0.369. The van der Waals surface area contributed by atoms with Gasteiger partial charge in [0.15, 0.2) is 5.69 Å². The summed E-state index contributed by atoms with van der Waals surface area (Å²) < 4.78 is 11.4. The summed E-state index contributed by atoms with van der Waals surface area (Å²) in [5.74, 6) is 0.787. The number of nitrogens with one attached hydrogen (secondary N) is 1. The molecule has 0 spiro atoms. The first-order valence-electron chi connectivity index (χ1n) is 14.8. The van der Waals surface area contributed by atoms with E-state index in [1.807, 2.05) is 42.5 Å². The second-order valence-electron chi connectivity index (χ2n) is 10.1. The standard InChI is InChI=1S/C35H38N4O4/c1-2-3-4-5-6-7-11-26-42-33-24-20-30(21-25-33)36-27-28-14-22-34(23-15-28)43-35(40)29-16-18-31(19-17-29)37-38-39(41)32-12-9-8-10-13-32/h8-10,12-25,27,37H,2-7,11,26H2,1H3/b36-27?,39-38-. The molecule has 4 aromatic carbocycles. The van der Waals surface area contributed by atoms with Crippen molar-refractivity contribution in [1.82, 2.24) is 0 Å². The number of aliphatic imine (C=N–C) groups is 1. The minimum atomic E-state index is -0.492. The van der Waals surface area contributed by atoms with Gasteiger partial charge in [0.1, 0.15) is 17.2 Å². The second kappa shape index (κ2) is 17.1. The summed E-state index contributed by atoms with van der Waals surface area (Å²) >= 11 is 0. The van der Waals surface area contributed by atoms with Gasteiger partial charge in [-0.05, 0) is 96.9 Å². The van der Waals surface area contributed by atoms with Gasteiger partial charge in [0.25, 0.3) is 0 Å². The first-order chi connectivity index (χ1) is 21.1. The minimum Gasteiger partial charge on any atom is -0.691 e. The number of hydrogen-bond acceptors (Lipinski definition) is 6. The van der Waals surface area contributed by atoms with Crippen LogP contribution in [0.25, 0.3) is 0 Å². The molecule has 0 fully saturated rings. The molecular weight excluding hydrogens is 540 g/mol. The third-order valence-electron chi connectivity index (χ3n) is 6.67. The molecule has 0 bridgehead atoms. The van der Waals surface area contributed by atoms with E-state index in [-0.39, 0.29) is 0 Å². The Balaban J connectivity index is 1.19. The average Bonchev–Trinajstić information content (AvgIpc) is 3.05. The highest BCUT2D eigenvalue weighted by atomic mass is 16.5. The van der Waals surface area contributed by atoms with Crippen LogP contribution in [0, 0.1) is 5.21 Å². The molecule has 0 heterocycles. The lowest BCUT2D eigenvalue weighted by molar-refractivity contribution is -0.439. The number of anilines is 1. The summed E-state index contributed by atoms with van der Waals surface area (Å²) in [5.41, 5.74) is 5.71. The summed E-state index contributed by atoms with van der Waals surface area (Å²) in [7, 11) is 0. The molecule has 4 rings (SSSR count). The van der Waals surface area contributed by atoms with Crippen LogP contribution in [-0.4, -0.2) is 23.7 Å². The Bertz CT molecular complexity index is 1450. The highest BCUT2D eigenvalue weighted by Gasteiger charge is 2.10. The zero-order valence-electron chi connectivity index (χ0n) is 24.5. The fourth-order valence-electron chi connectivity index (χ4n) is 4.21. The molecule has 0 saturated heterocycles. The van der Waals surface area contributed by atoms with E-state index in [0.29, 0.717) is 27.5 Å². The van der Waals surface area contributed by atoms with Crippen molar-refractivity contribution in [3.8, 4) is 11.5 Å². The molecule has 0 saturated carbocycles. The first kappa shape index (κ1) is 31.0. The highest BCUT2D eigenvalue weighted by molar-refractivity contribution is 5.91. The molecular formula is C35H38N4O4. The molecule has 1 N–H and O–H groups in total. The molecule has 0 radical (unpaired) electrons. The van der Waals surface area contributed by atoms with E-state index in [1.54, 1.807) is 66.9 Å². The molecule has 43 heavy (non-hydrogen) atoms. The van der Waals surface area contributed by atoms with Gasteiger partial charge in [0.2, 0.25) is 0 Å². The van der Waals surface area contributed by atoms with Gasteiger partial charge in [0, 0.05) is 6.21 Å². The van der Waals surface area contributed by atoms with Crippen LogP contribution in [0.4, 0.5) is 17.1 Å². The smallest absolute Gasteiger partial charge is 0.343 e. The Morgan fingerprint density at radius 1 is 0.791 bits per heavy atom. The average molecular weight is 579 g/mol. The van der Waals surface area contributed by atoms with Gasteiger partial charge in [-0.25, -0.2) is 4.79 Å². The Morgan fingerprint density at radius 2 is 1.44 bits per heavy atom. The monoisotopic (exact) mass is 578 g/mol. The van der Waals surface area contributed by atoms with E-state index in [9.17, 15) is 10.0 Å². The molecule has 0 atom stereocenters. The number of unbranched alkanes of at least 4 members (excludes halogenated alkanes) is 6. The number of nitrogens with zero attached hydrogens (tertiary/aromatic N) is 3. The number of para-hydroxylation sites is 1. The molecule has 0 aliphatic heterocycles. The van der Waals surface area contributed by atoms with E-state index in [4.69, 9.17) is 9.47 Å². The Morgan fingerprint density at radius 3 is 2.14 bits per heavy atom. The van der Waals surface area contributed by atoms with Crippen LogP contribution in [0.3, 0.4) is 0 Å². The summed E-state index contributed by atoms with van der Waals surface area (Å²) in [4.78, 5) is 17.6. The molecule has 0 unspecified atom stereocenters. The van der Waals surface area contributed by atoms with Gasteiger partial charge in [-0.15, -0.1) is 10.3 Å². The van der Waals surface area contributed by atoms with Crippen molar-refractivity contribution in [3.05, 3.63) is 119 Å². The molecule has 0 amide bonds. The molecule has 0 aliphatic rings. The number of carbonyl (C=O) groups is 1. The van der Waals surface area contributed by atoms with Crippen LogP contribution < -0.4 is 14.9 Å². The maximum atomic E-state index is 12.6. The quantitative estimate of drug-likeness (QED) is 0.0272. The van der Waals surface area contributed by atoms with Crippen LogP contribution in [0.5, 0.6) is 11.5 Å². The van der Waals surface area contributed by atoms with Crippen molar-refractivity contribution in [2.75, 3.05) is 12.0 Å². The van der Waals surface area contributed by atoms with Crippen molar-refractivity contribution >= 4 is 29.2 Å². The predicted molar refractivity (Wildman–Crippen MR) is 171 cm³/mol.